The second-order valence-corrected chi connectivity index (χ2v) is 3.39. The third-order valence-electron chi connectivity index (χ3n) is 2.51. The molecule has 0 atom stereocenters. The highest BCUT2D eigenvalue weighted by molar-refractivity contribution is 5.39. The first-order chi connectivity index (χ1) is 4.88. The molecule has 0 unspecified atom stereocenters. The lowest BCUT2D eigenvalue weighted by atomic mass is 9.90. The van der Waals surface area contributed by atoms with Gasteiger partial charge in [0.2, 0.25) is 0 Å². The van der Waals surface area contributed by atoms with E-state index < -0.39 is 0 Å². The second-order valence-electron chi connectivity index (χ2n) is 3.39. The van der Waals surface area contributed by atoms with Crippen LogP contribution >= 0.6 is 0 Å². The number of rotatable bonds is 0. The Hall–Kier alpha value is -0.520. The largest absolute Gasteiger partial charge is 0.0956 e. The minimum Gasteiger partial charge on any atom is -0.0956 e. The predicted octanol–water partition coefficient (Wildman–Crippen LogP) is 3.21. The minimum absolute atomic E-state index is 1.26. The highest BCUT2D eigenvalue weighted by Gasteiger charge is 2.20. The van der Waals surface area contributed by atoms with Crippen molar-refractivity contribution in [1.82, 2.24) is 0 Å². The van der Waals surface area contributed by atoms with E-state index in [2.05, 4.69) is 6.58 Å². The van der Waals surface area contributed by atoms with Gasteiger partial charge in [0.15, 0.2) is 0 Å². The molecule has 54 valence electrons. The van der Waals surface area contributed by atoms with Gasteiger partial charge >= 0.3 is 0 Å². The van der Waals surface area contributed by atoms with E-state index in [4.69, 9.17) is 0 Å². The van der Waals surface area contributed by atoms with E-state index in [0.29, 0.717) is 0 Å². The molecule has 0 aromatic rings. The van der Waals surface area contributed by atoms with E-state index in [1.54, 1.807) is 11.1 Å². The summed E-state index contributed by atoms with van der Waals surface area (Å²) in [6.07, 6.45) is 8.10. The lowest BCUT2D eigenvalue weighted by Gasteiger charge is -2.16. The molecule has 0 nitrogen and oxygen atoms in total. The fourth-order valence-corrected chi connectivity index (χ4v) is 1.76. The van der Waals surface area contributed by atoms with Crippen molar-refractivity contribution < 1.29 is 0 Å². The van der Waals surface area contributed by atoms with Crippen molar-refractivity contribution in [3.05, 3.63) is 23.3 Å². The Morgan fingerprint density at radius 2 is 1.60 bits per heavy atom. The molecular weight excluding hydrogens is 120 g/mol. The summed E-state index contributed by atoms with van der Waals surface area (Å²) in [5, 5.41) is 0. The van der Waals surface area contributed by atoms with Crippen LogP contribution in [0.3, 0.4) is 0 Å². The maximum Gasteiger partial charge on any atom is -0.0277 e. The zero-order valence-corrected chi connectivity index (χ0v) is 6.45. The Labute approximate surface area is 62.6 Å². The molecule has 0 radical (unpaired) electrons. The van der Waals surface area contributed by atoms with Gasteiger partial charge in [0, 0.05) is 0 Å². The number of allylic oxidation sites excluding steroid dienone is 3. The van der Waals surface area contributed by atoms with Crippen LogP contribution in [0.2, 0.25) is 0 Å². The maximum absolute atomic E-state index is 4.10. The van der Waals surface area contributed by atoms with Crippen molar-refractivity contribution in [2.45, 2.75) is 38.5 Å². The van der Waals surface area contributed by atoms with Crippen molar-refractivity contribution in [3.8, 4) is 0 Å². The van der Waals surface area contributed by atoms with E-state index >= 15 is 0 Å². The van der Waals surface area contributed by atoms with Crippen molar-refractivity contribution in [3.63, 3.8) is 0 Å². The molecule has 0 amide bonds. The van der Waals surface area contributed by atoms with Gasteiger partial charge in [-0.3, -0.25) is 0 Å². The van der Waals surface area contributed by atoms with Gasteiger partial charge in [-0.1, -0.05) is 17.7 Å². The monoisotopic (exact) mass is 134 g/mol. The number of hydrogen-bond donors (Lipinski definition) is 0. The van der Waals surface area contributed by atoms with Crippen LogP contribution < -0.4 is 0 Å². The molecule has 2 aliphatic rings. The molecule has 0 N–H and O–H groups in total. The van der Waals surface area contributed by atoms with Crippen LogP contribution in [0.25, 0.3) is 0 Å². The highest BCUT2D eigenvalue weighted by Crippen LogP contribution is 2.40. The molecule has 0 heterocycles. The smallest absolute Gasteiger partial charge is 0.0277 e. The SMILES string of the molecule is C=C1CCCCC1=C1CC1. The first-order valence-electron chi connectivity index (χ1n) is 4.27. The van der Waals surface area contributed by atoms with Gasteiger partial charge in [-0.25, -0.2) is 0 Å². The van der Waals surface area contributed by atoms with E-state index in [9.17, 15) is 0 Å². The first-order valence-corrected chi connectivity index (χ1v) is 4.27. The molecule has 0 aliphatic heterocycles. The molecule has 0 aromatic heterocycles. The van der Waals surface area contributed by atoms with Gasteiger partial charge < -0.3 is 0 Å². The van der Waals surface area contributed by atoms with Crippen molar-refractivity contribution in [2.24, 2.45) is 0 Å². The Morgan fingerprint density at radius 3 is 2.20 bits per heavy atom. The fourth-order valence-electron chi connectivity index (χ4n) is 1.76. The highest BCUT2D eigenvalue weighted by atomic mass is 14.3. The summed E-state index contributed by atoms with van der Waals surface area (Å²) < 4.78 is 0. The summed E-state index contributed by atoms with van der Waals surface area (Å²) in [4.78, 5) is 0. The first kappa shape index (κ1) is 6.21. The Balaban J connectivity index is 2.18. The molecule has 0 spiro atoms. The Morgan fingerprint density at radius 1 is 0.900 bits per heavy atom. The number of hydrogen-bond acceptors (Lipinski definition) is 0. The molecule has 0 saturated heterocycles. The van der Waals surface area contributed by atoms with E-state index in [1.807, 2.05) is 0 Å². The van der Waals surface area contributed by atoms with Crippen molar-refractivity contribution in [1.29, 1.82) is 0 Å². The van der Waals surface area contributed by atoms with Crippen LogP contribution in [0.15, 0.2) is 23.3 Å². The lowest BCUT2D eigenvalue weighted by Crippen LogP contribution is -1.96. The molecular formula is C10H14. The minimum atomic E-state index is 1.26. The molecule has 10 heavy (non-hydrogen) atoms. The summed E-state index contributed by atoms with van der Waals surface area (Å²) in [5.74, 6) is 0. The maximum atomic E-state index is 4.10. The molecule has 2 rings (SSSR count). The average molecular weight is 134 g/mol. The zero-order chi connectivity index (χ0) is 6.97. The predicted molar refractivity (Wildman–Crippen MR) is 43.9 cm³/mol. The van der Waals surface area contributed by atoms with Gasteiger partial charge in [-0.15, -0.1) is 0 Å². The van der Waals surface area contributed by atoms with Crippen LogP contribution in [0.5, 0.6) is 0 Å². The molecule has 0 bridgehead atoms. The Kier molecular flexibility index (Phi) is 1.40. The summed E-state index contributed by atoms with van der Waals surface area (Å²) >= 11 is 0. The standard InChI is InChI=1S/C10H14/c1-8-4-2-3-5-10(8)9-6-7-9/h1-7H2. The zero-order valence-electron chi connectivity index (χ0n) is 6.45. The van der Waals surface area contributed by atoms with Gasteiger partial charge in [0.05, 0.1) is 0 Å². The van der Waals surface area contributed by atoms with Crippen LogP contribution in [-0.4, -0.2) is 0 Å². The van der Waals surface area contributed by atoms with Crippen molar-refractivity contribution in [2.75, 3.05) is 0 Å². The Bertz CT molecular complexity index is 190. The quantitative estimate of drug-likeness (QED) is 0.477. The van der Waals surface area contributed by atoms with Crippen LogP contribution in [0.4, 0.5) is 0 Å². The third-order valence-corrected chi connectivity index (χ3v) is 2.51. The molecule has 2 fully saturated rings. The second kappa shape index (κ2) is 2.26. The molecule has 2 aliphatic carbocycles. The topological polar surface area (TPSA) is 0 Å². The average Bonchev–Trinajstić information content (AvgIpc) is 2.71. The van der Waals surface area contributed by atoms with Crippen LogP contribution in [0, 0.1) is 0 Å². The normalized spacial score (nSPS) is 25.4. The summed E-state index contributed by atoms with van der Waals surface area (Å²) in [5.41, 5.74) is 4.80. The summed E-state index contributed by atoms with van der Waals surface area (Å²) in [6.45, 7) is 4.10. The van der Waals surface area contributed by atoms with E-state index in [-0.39, 0.29) is 0 Å². The van der Waals surface area contributed by atoms with Crippen molar-refractivity contribution >= 4 is 0 Å². The van der Waals surface area contributed by atoms with Crippen LogP contribution in [-0.2, 0) is 0 Å². The van der Waals surface area contributed by atoms with Gasteiger partial charge in [0.25, 0.3) is 0 Å². The summed E-state index contributed by atoms with van der Waals surface area (Å²) in [7, 11) is 0. The van der Waals surface area contributed by atoms with E-state index in [1.165, 1.54) is 44.1 Å². The van der Waals surface area contributed by atoms with Gasteiger partial charge in [0.1, 0.15) is 0 Å². The molecule has 0 heteroatoms. The van der Waals surface area contributed by atoms with E-state index in [0.717, 1.165) is 0 Å². The van der Waals surface area contributed by atoms with Gasteiger partial charge in [-0.2, -0.15) is 0 Å². The lowest BCUT2D eigenvalue weighted by molar-refractivity contribution is 0.679. The van der Waals surface area contributed by atoms with Crippen LogP contribution in [0.1, 0.15) is 38.5 Å². The molecule has 0 aromatic carbocycles. The molecule has 2 saturated carbocycles. The summed E-state index contributed by atoms with van der Waals surface area (Å²) in [6, 6.07) is 0. The third kappa shape index (κ3) is 1.03. The van der Waals surface area contributed by atoms with Gasteiger partial charge in [-0.05, 0) is 44.1 Å². The fraction of sp³-hybridized carbons (Fsp3) is 0.600.